The van der Waals surface area contributed by atoms with E-state index in [1.54, 1.807) is 36.4 Å². The third kappa shape index (κ3) is 8.72. The van der Waals surface area contributed by atoms with Crippen molar-refractivity contribution in [1.82, 2.24) is 16.1 Å². The van der Waals surface area contributed by atoms with E-state index in [1.807, 2.05) is 0 Å². The lowest BCUT2D eigenvalue weighted by molar-refractivity contribution is -0.133. The van der Waals surface area contributed by atoms with Crippen LogP contribution in [0, 0.1) is 23.5 Å². The first-order valence-corrected chi connectivity index (χ1v) is 11.8. The number of aliphatic hydroxyl groups excluding tert-OH is 1. The van der Waals surface area contributed by atoms with Gasteiger partial charge in [-0.1, -0.05) is 11.8 Å². The van der Waals surface area contributed by atoms with E-state index in [0.29, 0.717) is 16.8 Å². The summed E-state index contributed by atoms with van der Waals surface area (Å²) < 4.78 is 26.9. The number of rotatable bonds is 9. The molecular formula is C28H26F2N4O5. The summed E-state index contributed by atoms with van der Waals surface area (Å²) in [4.78, 5) is 36.0. The van der Waals surface area contributed by atoms with Crippen LogP contribution in [0.25, 0.3) is 0 Å². The normalized spacial score (nSPS) is 11.9. The van der Waals surface area contributed by atoms with Crippen molar-refractivity contribution in [1.29, 1.82) is 0 Å². The number of aliphatic hydroxyl groups is 1. The van der Waals surface area contributed by atoms with Crippen molar-refractivity contribution in [2.45, 2.75) is 25.6 Å². The van der Waals surface area contributed by atoms with Crippen molar-refractivity contribution in [3.05, 3.63) is 101 Å². The largest absolute Gasteiger partial charge is 0.391 e. The highest BCUT2D eigenvalue weighted by Crippen LogP contribution is 2.11. The smallest absolute Gasteiger partial charge is 0.268 e. The fraction of sp³-hybridized carbons (Fsp3) is 0.179. The van der Waals surface area contributed by atoms with E-state index in [0.717, 1.165) is 18.2 Å². The standard InChI is InChI=1S/C28H26F2N4O5/c1-17(35)26(28(38)34-39)33-27(37)20-8-4-18(5-9-20)2-3-19-6-11-23(12-7-19)32-25(36)16-31-15-21-14-22(29)10-13-24(21)30/h4-14,17,26,31,35,39H,15-16H2,1H3,(H,32,36)(H,33,37)(H,34,38)/t17-,26+/m1/s1. The fourth-order valence-corrected chi connectivity index (χ4v) is 3.38. The van der Waals surface area contributed by atoms with E-state index in [1.165, 1.54) is 24.5 Å². The molecule has 202 valence electrons. The van der Waals surface area contributed by atoms with Gasteiger partial charge in [0.05, 0.1) is 12.6 Å². The third-order valence-corrected chi connectivity index (χ3v) is 5.44. The maximum atomic E-state index is 13.6. The third-order valence-electron chi connectivity index (χ3n) is 5.44. The highest BCUT2D eigenvalue weighted by molar-refractivity contribution is 5.97. The molecule has 0 aliphatic heterocycles. The molecule has 3 rings (SSSR count). The molecule has 0 aromatic heterocycles. The average Bonchev–Trinajstić information content (AvgIpc) is 2.92. The van der Waals surface area contributed by atoms with Crippen LogP contribution in [-0.4, -0.2) is 46.7 Å². The quantitative estimate of drug-likeness (QED) is 0.141. The highest BCUT2D eigenvalue weighted by Gasteiger charge is 2.25. The monoisotopic (exact) mass is 536 g/mol. The minimum atomic E-state index is -1.32. The molecule has 9 nitrogen and oxygen atoms in total. The number of carbonyl (C=O) groups excluding carboxylic acids is 3. The van der Waals surface area contributed by atoms with Crippen LogP contribution in [0.4, 0.5) is 14.5 Å². The van der Waals surface area contributed by atoms with Gasteiger partial charge in [0, 0.05) is 34.5 Å². The van der Waals surface area contributed by atoms with Crippen molar-refractivity contribution >= 4 is 23.4 Å². The summed E-state index contributed by atoms with van der Waals surface area (Å²) >= 11 is 0. The van der Waals surface area contributed by atoms with Gasteiger partial charge in [-0.15, -0.1) is 0 Å². The molecule has 0 spiro atoms. The number of nitrogens with one attached hydrogen (secondary N) is 4. The van der Waals surface area contributed by atoms with E-state index in [2.05, 4.69) is 27.8 Å². The maximum absolute atomic E-state index is 13.6. The van der Waals surface area contributed by atoms with Gasteiger partial charge in [0.15, 0.2) is 0 Å². The molecule has 11 heteroatoms. The number of hydrogen-bond acceptors (Lipinski definition) is 6. The van der Waals surface area contributed by atoms with E-state index < -0.39 is 35.6 Å². The Morgan fingerprint density at radius 2 is 1.54 bits per heavy atom. The average molecular weight is 537 g/mol. The van der Waals surface area contributed by atoms with Crippen molar-refractivity contribution in [3.8, 4) is 11.8 Å². The first-order chi connectivity index (χ1) is 18.7. The van der Waals surface area contributed by atoms with Crippen LogP contribution in [0.5, 0.6) is 0 Å². The molecule has 0 radical (unpaired) electrons. The molecule has 3 amide bonds. The number of anilines is 1. The van der Waals surface area contributed by atoms with Gasteiger partial charge in [-0.05, 0) is 73.7 Å². The number of hydroxylamine groups is 1. The Hall–Kier alpha value is -4.63. The zero-order valence-electron chi connectivity index (χ0n) is 20.8. The summed E-state index contributed by atoms with van der Waals surface area (Å²) in [5.41, 5.74) is 3.57. The lowest BCUT2D eigenvalue weighted by atomic mass is 10.1. The minimum Gasteiger partial charge on any atom is -0.391 e. The van der Waals surface area contributed by atoms with Crippen LogP contribution in [0.3, 0.4) is 0 Å². The predicted molar refractivity (Wildman–Crippen MR) is 138 cm³/mol. The second kappa shape index (κ2) is 13.8. The minimum absolute atomic E-state index is 0.000442. The first-order valence-electron chi connectivity index (χ1n) is 11.8. The molecular weight excluding hydrogens is 510 g/mol. The van der Waals surface area contributed by atoms with Gasteiger partial charge in [0.2, 0.25) is 5.91 Å². The van der Waals surface area contributed by atoms with Gasteiger partial charge >= 0.3 is 0 Å². The van der Waals surface area contributed by atoms with Crippen molar-refractivity contribution in [2.75, 3.05) is 11.9 Å². The second-order valence-electron chi connectivity index (χ2n) is 8.46. The molecule has 3 aromatic rings. The van der Waals surface area contributed by atoms with Gasteiger partial charge in [-0.2, -0.15) is 0 Å². The van der Waals surface area contributed by atoms with Crippen LogP contribution in [0.15, 0.2) is 66.7 Å². The topological polar surface area (TPSA) is 140 Å². The molecule has 0 saturated carbocycles. The van der Waals surface area contributed by atoms with Crippen LogP contribution in [-0.2, 0) is 16.1 Å². The molecule has 0 aliphatic rings. The molecule has 3 aromatic carbocycles. The predicted octanol–water partition coefficient (Wildman–Crippen LogP) is 2.08. The number of carbonyl (C=O) groups is 3. The molecule has 0 aliphatic carbocycles. The molecule has 6 N–H and O–H groups in total. The summed E-state index contributed by atoms with van der Waals surface area (Å²) in [5.74, 6) is 2.89. The fourth-order valence-electron chi connectivity index (χ4n) is 3.38. The lowest BCUT2D eigenvalue weighted by Gasteiger charge is -2.19. The SMILES string of the molecule is C[C@@H](O)[C@H](NC(=O)c1ccc(C#Cc2ccc(NC(=O)CNCc3cc(F)ccc3F)cc2)cc1)C(=O)NO. The van der Waals surface area contributed by atoms with E-state index in [4.69, 9.17) is 5.21 Å². The first kappa shape index (κ1) is 28.9. The molecule has 2 atom stereocenters. The van der Waals surface area contributed by atoms with Crippen molar-refractivity contribution < 1.29 is 33.5 Å². The summed E-state index contributed by atoms with van der Waals surface area (Å²) in [6.45, 7) is 1.21. The molecule has 39 heavy (non-hydrogen) atoms. The van der Waals surface area contributed by atoms with E-state index in [-0.39, 0.29) is 30.1 Å². The number of halogens is 2. The van der Waals surface area contributed by atoms with Gasteiger partial charge in [0.25, 0.3) is 11.8 Å². The Bertz CT molecular complexity index is 1380. The zero-order valence-corrected chi connectivity index (χ0v) is 20.8. The molecule has 0 fully saturated rings. The van der Waals surface area contributed by atoms with E-state index in [9.17, 15) is 28.3 Å². The van der Waals surface area contributed by atoms with Crippen LogP contribution in [0.1, 0.15) is 34.0 Å². The molecule has 0 saturated heterocycles. The Balaban J connectivity index is 1.51. The maximum Gasteiger partial charge on any atom is 0.268 e. The number of benzene rings is 3. The summed E-state index contributed by atoms with van der Waals surface area (Å²) in [6.07, 6.45) is -1.22. The summed E-state index contributed by atoms with van der Waals surface area (Å²) in [7, 11) is 0. The van der Waals surface area contributed by atoms with Crippen LogP contribution in [0.2, 0.25) is 0 Å². The van der Waals surface area contributed by atoms with Gasteiger partial charge < -0.3 is 21.1 Å². The highest BCUT2D eigenvalue weighted by atomic mass is 19.1. The number of hydrogen-bond donors (Lipinski definition) is 6. The van der Waals surface area contributed by atoms with E-state index >= 15 is 0 Å². The van der Waals surface area contributed by atoms with Gasteiger partial charge in [-0.25, -0.2) is 14.3 Å². The molecule has 0 bridgehead atoms. The van der Waals surface area contributed by atoms with Gasteiger partial charge in [-0.3, -0.25) is 19.6 Å². The Morgan fingerprint density at radius 1 is 0.923 bits per heavy atom. The van der Waals surface area contributed by atoms with Crippen molar-refractivity contribution in [2.24, 2.45) is 0 Å². The van der Waals surface area contributed by atoms with Gasteiger partial charge in [0.1, 0.15) is 17.7 Å². The van der Waals surface area contributed by atoms with Crippen molar-refractivity contribution in [3.63, 3.8) is 0 Å². The Labute approximate surface area is 223 Å². The Kier molecular flexibility index (Phi) is 10.2. The second-order valence-corrected chi connectivity index (χ2v) is 8.46. The van der Waals surface area contributed by atoms with Crippen LogP contribution < -0.4 is 21.4 Å². The molecule has 0 heterocycles. The number of amides is 3. The molecule has 0 unspecified atom stereocenters. The Morgan fingerprint density at radius 3 is 2.13 bits per heavy atom. The summed E-state index contributed by atoms with van der Waals surface area (Å²) in [6, 6.07) is 14.8. The summed E-state index contributed by atoms with van der Waals surface area (Å²) in [5, 5.41) is 26.2. The lowest BCUT2D eigenvalue weighted by Crippen LogP contribution is -2.51. The zero-order chi connectivity index (χ0) is 28.4. The van der Waals surface area contributed by atoms with Crippen LogP contribution >= 0.6 is 0 Å².